The number of amides is 1. The van der Waals surface area contributed by atoms with Crippen LogP contribution in [0.2, 0.25) is 0 Å². The van der Waals surface area contributed by atoms with E-state index in [2.05, 4.69) is 30.9 Å². The average Bonchev–Trinajstić information content (AvgIpc) is 3.69. The molecule has 3 heterocycles. The van der Waals surface area contributed by atoms with Gasteiger partial charge in [0, 0.05) is 23.8 Å². The zero-order valence-electron chi connectivity index (χ0n) is 19.8. The van der Waals surface area contributed by atoms with Crippen LogP contribution in [-0.4, -0.2) is 46.8 Å². The van der Waals surface area contributed by atoms with E-state index in [-0.39, 0.29) is 23.1 Å². The molecule has 5 rings (SSSR count). The van der Waals surface area contributed by atoms with Gasteiger partial charge in [-0.05, 0) is 61.2 Å². The predicted octanol–water partition coefficient (Wildman–Crippen LogP) is 4.30. The number of anilines is 4. The lowest BCUT2D eigenvalue weighted by Gasteiger charge is -2.18. The van der Waals surface area contributed by atoms with Crippen LogP contribution in [-0.2, 0) is 18.4 Å². The van der Waals surface area contributed by atoms with Gasteiger partial charge in [-0.25, -0.2) is 9.97 Å². The van der Waals surface area contributed by atoms with Crippen molar-refractivity contribution in [3.8, 4) is 0 Å². The third kappa shape index (κ3) is 5.79. The Morgan fingerprint density at radius 2 is 1.92 bits per heavy atom. The number of benzene rings is 1. The number of pyridine rings is 1. The molecular weight excluding hydrogens is 490 g/mol. The molecule has 4 N–H and O–H groups in total. The number of carbonyl (C=O) groups is 1. The van der Waals surface area contributed by atoms with Gasteiger partial charge in [-0.1, -0.05) is 12.1 Å². The van der Waals surface area contributed by atoms with E-state index >= 15 is 0 Å². The van der Waals surface area contributed by atoms with Gasteiger partial charge in [0.1, 0.15) is 30.4 Å². The molecule has 0 unspecified atom stereocenters. The zero-order valence-corrected chi connectivity index (χ0v) is 19.8. The SMILES string of the molecule is O=C(NCC(F)(F)F)c1cnc(Nc2ccc3c(c2)CNCC3)nc1Nc1cccc(C2(CF)CC2)n1. The summed E-state index contributed by atoms with van der Waals surface area (Å²) in [4.78, 5) is 25.6. The molecule has 37 heavy (non-hydrogen) atoms. The summed E-state index contributed by atoms with van der Waals surface area (Å²) in [7, 11) is 0. The lowest BCUT2D eigenvalue weighted by molar-refractivity contribution is -0.123. The van der Waals surface area contributed by atoms with Crippen molar-refractivity contribution in [2.45, 2.75) is 37.4 Å². The van der Waals surface area contributed by atoms with Gasteiger partial charge in [0.15, 0.2) is 0 Å². The summed E-state index contributed by atoms with van der Waals surface area (Å²) in [5.74, 6) is -0.611. The number of nitrogens with one attached hydrogen (secondary N) is 4. The van der Waals surface area contributed by atoms with Crippen molar-refractivity contribution < 1.29 is 22.4 Å². The maximum absolute atomic E-state index is 13.6. The lowest BCUT2D eigenvalue weighted by atomic mass is 10.0. The van der Waals surface area contributed by atoms with E-state index in [4.69, 9.17) is 0 Å². The minimum absolute atomic E-state index is 0.0356. The van der Waals surface area contributed by atoms with Gasteiger partial charge in [-0.3, -0.25) is 9.18 Å². The molecule has 1 aromatic carbocycles. The van der Waals surface area contributed by atoms with Gasteiger partial charge in [0.2, 0.25) is 5.95 Å². The highest BCUT2D eigenvalue weighted by atomic mass is 19.4. The Balaban J connectivity index is 1.43. The number of halogens is 4. The molecule has 1 aliphatic carbocycles. The second-order valence-corrected chi connectivity index (χ2v) is 9.24. The Morgan fingerprint density at radius 1 is 1.08 bits per heavy atom. The van der Waals surface area contributed by atoms with Gasteiger partial charge in [0.25, 0.3) is 5.91 Å². The van der Waals surface area contributed by atoms with E-state index in [1.165, 1.54) is 5.56 Å². The van der Waals surface area contributed by atoms with Crippen molar-refractivity contribution in [1.82, 2.24) is 25.6 Å². The van der Waals surface area contributed by atoms with Crippen LogP contribution in [0.4, 0.5) is 40.8 Å². The fourth-order valence-electron chi connectivity index (χ4n) is 4.20. The van der Waals surface area contributed by atoms with Crippen LogP contribution in [0, 0.1) is 0 Å². The number of carbonyl (C=O) groups excluding carboxylic acids is 1. The van der Waals surface area contributed by atoms with E-state index in [1.54, 1.807) is 18.2 Å². The summed E-state index contributed by atoms with van der Waals surface area (Å²) < 4.78 is 51.6. The number of aromatic nitrogens is 3. The van der Waals surface area contributed by atoms with Crippen molar-refractivity contribution in [2.24, 2.45) is 0 Å². The molecule has 0 radical (unpaired) electrons. The van der Waals surface area contributed by atoms with Gasteiger partial charge in [0.05, 0.1) is 5.69 Å². The molecule has 1 fully saturated rings. The Morgan fingerprint density at radius 3 is 2.68 bits per heavy atom. The highest BCUT2D eigenvalue weighted by molar-refractivity contribution is 5.99. The Labute approximate surface area is 210 Å². The molecule has 1 amide bonds. The number of hydrogen-bond acceptors (Lipinski definition) is 7. The van der Waals surface area contributed by atoms with Gasteiger partial charge in [-0.15, -0.1) is 0 Å². The van der Waals surface area contributed by atoms with Crippen molar-refractivity contribution in [3.05, 3.63) is 65.0 Å². The molecule has 194 valence electrons. The quantitative estimate of drug-likeness (QED) is 0.332. The minimum Gasteiger partial charge on any atom is -0.343 e. The Hall–Kier alpha value is -3.80. The van der Waals surface area contributed by atoms with Crippen LogP contribution < -0.4 is 21.3 Å². The topological polar surface area (TPSA) is 104 Å². The van der Waals surface area contributed by atoms with Crippen molar-refractivity contribution in [2.75, 3.05) is 30.4 Å². The number of hydrogen-bond donors (Lipinski definition) is 4. The maximum Gasteiger partial charge on any atom is 0.405 e. The van der Waals surface area contributed by atoms with Crippen molar-refractivity contribution in [3.63, 3.8) is 0 Å². The molecule has 1 saturated carbocycles. The summed E-state index contributed by atoms with van der Waals surface area (Å²) in [6.07, 6.45) is -1.13. The van der Waals surface area contributed by atoms with E-state index in [0.29, 0.717) is 18.5 Å². The summed E-state index contributed by atoms with van der Waals surface area (Å²) >= 11 is 0. The smallest absolute Gasteiger partial charge is 0.343 e. The van der Waals surface area contributed by atoms with Crippen LogP contribution in [0.3, 0.4) is 0 Å². The summed E-state index contributed by atoms with van der Waals surface area (Å²) in [6, 6.07) is 10.9. The van der Waals surface area contributed by atoms with Crippen molar-refractivity contribution >= 4 is 29.2 Å². The molecule has 2 aliphatic rings. The van der Waals surface area contributed by atoms with Crippen LogP contribution >= 0.6 is 0 Å². The van der Waals surface area contributed by atoms with Crippen LogP contribution in [0.5, 0.6) is 0 Å². The highest BCUT2D eigenvalue weighted by Crippen LogP contribution is 2.47. The zero-order chi connectivity index (χ0) is 26.0. The van der Waals surface area contributed by atoms with Crippen molar-refractivity contribution in [1.29, 1.82) is 0 Å². The predicted molar refractivity (Wildman–Crippen MR) is 130 cm³/mol. The summed E-state index contributed by atoms with van der Waals surface area (Å²) in [5.41, 5.74) is 2.88. The Bertz CT molecular complexity index is 1310. The number of alkyl halides is 4. The highest BCUT2D eigenvalue weighted by Gasteiger charge is 2.46. The first-order valence-electron chi connectivity index (χ1n) is 11.9. The molecule has 0 saturated heterocycles. The molecule has 0 atom stereocenters. The Kier molecular flexibility index (Phi) is 6.67. The van der Waals surface area contributed by atoms with Crippen LogP contribution in [0.15, 0.2) is 42.6 Å². The van der Waals surface area contributed by atoms with E-state index in [0.717, 1.165) is 37.0 Å². The first-order valence-corrected chi connectivity index (χ1v) is 11.9. The molecule has 8 nitrogen and oxygen atoms in total. The summed E-state index contributed by atoms with van der Waals surface area (Å²) in [5, 5.41) is 11.2. The van der Waals surface area contributed by atoms with Crippen LogP contribution in [0.25, 0.3) is 0 Å². The normalized spacial score (nSPS) is 16.0. The number of rotatable bonds is 8. The van der Waals surface area contributed by atoms with Gasteiger partial charge < -0.3 is 21.3 Å². The molecule has 3 aromatic rings. The molecular formula is C25H25F4N7O. The van der Waals surface area contributed by atoms with Gasteiger partial charge in [-0.2, -0.15) is 18.2 Å². The lowest BCUT2D eigenvalue weighted by Crippen LogP contribution is -2.34. The minimum atomic E-state index is -4.58. The maximum atomic E-state index is 13.6. The third-order valence-corrected chi connectivity index (χ3v) is 6.48. The molecule has 12 heteroatoms. The monoisotopic (exact) mass is 515 g/mol. The molecule has 0 spiro atoms. The fraction of sp³-hybridized carbons (Fsp3) is 0.360. The molecule has 1 aliphatic heterocycles. The third-order valence-electron chi connectivity index (χ3n) is 6.48. The van der Waals surface area contributed by atoms with Crippen LogP contribution in [0.1, 0.15) is 40.0 Å². The second kappa shape index (κ2) is 9.92. The average molecular weight is 516 g/mol. The molecule has 2 aromatic heterocycles. The fourth-order valence-corrected chi connectivity index (χ4v) is 4.20. The number of fused-ring (bicyclic) bond motifs is 1. The first-order chi connectivity index (χ1) is 17.7. The standard InChI is InChI=1S/C25H25F4N7O/c26-13-24(7-8-24)19-2-1-3-20(34-19)35-21-18(22(37)32-14-25(27,28)29)12-31-23(36-21)33-17-5-4-15-6-9-30-11-16(15)10-17/h1-5,10,12,30H,6-9,11,13-14H2,(H,32,37)(H2,31,33,34,35,36). The second-order valence-electron chi connectivity index (χ2n) is 9.24. The van der Waals surface area contributed by atoms with Gasteiger partial charge >= 0.3 is 6.18 Å². The van der Waals surface area contributed by atoms with E-state index in [9.17, 15) is 22.4 Å². The van der Waals surface area contributed by atoms with E-state index < -0.39 is 30.7 Å². The molecule has 0 bridgehead atoms. The number of nitrogens with zero attached hydrogens (tertiary/aromatic N) is 3. The first kappa shape index (κ1) is 24.9. The largest absolute Gasteiger partial charge is 0.405 e. The van der Waals surface area contributed by atoms with E-state index in [1.807, 2.05) is 23.5 Å². The summed E-state index contributed by atoms with van der Waals surface area (Å²) in [6.45, 7) is -0.385.